The Morgan fingerprint density at radius 2 is 1.69 bits per heavy atom. The molecule has 1 fully saturated rings. The average Bonchev–Trinajstić information content (AvgIpc) is 2.90. The number of amides is 2. The number of carbonyl (C=O) groups excluding carboxylic acids is 2. The molecule has 1 aliphatic rings. The number of pyridine rings is 2. The monoisotopic (exact) mass is 560 g/mol. The van der Waals surface area contributed by atoms with Crippen LogP contribution >= 0.6 is 11.6 Å². The highest BCUT2D eigenvalue weighted by molar-refractivity contribution is 6.38. The minimum atomic E-state index is -1.50. The molecule has 4 rings (SSSR count). The fourth-order valence-electron chi connectivity index (χ4n) is 3.89. The van der Waals surface area contributed by atoms with E-state index in [1.165, 1.54) is 17.9 Å². The van der Waals surface area contributed by atoms with Crippen molar-refractivity contribution >= 4 is 40.4 Å². The van der Waals surface area contributed by atoms with Gasteiger partial charge in [0.05, 0.1) is 23.7 Å². The van der Waals surface area contributed by atoms with Crippen LogP contribution in [-0.2, 0) is 17.9 Å². The van der Waals surface area contributed by atoms with Gasteiger partial charge in [-0.3, -0.25) is 19.0 Å². The molecule has 1 aliphatic heterocycles. The van der Waals surface area contributed by atoms with Crippen LogP contribution < -0.4 is 10.9 Å². The number of carbonyl (C=O) groups is 3. The van der Waals surface area contributed by atoms with Crippen LogP contribution in [0.25, 0.3) is 11.0 Å². The lowest BCUT2D eigenvalue weighted by molar-refractivity contribution is -0.144. The summed E-state index contributed by atoms with van der Waals surface area (Å²) >= 11 is 6.29. The maximum atomic E-state index is 13.9. The van der Waals surface area contributed by atoms with Gasteiger partial charge in [0, 0.05) is 18.1 Å². The van der Waals surface area contributed by atoms with Crippen molar-refractivity contribution in [3.63, 3.8) is 0 Å². The van der Waals surface area contributed by atoms with Gasteiger partial charge in [0.2, 0.25) is 5.91 Å². The third kappa shape index (κ3) is 7.20. The predicted octanol–water partition coefficient (Wildman–Crippen LogP) is 4.61. The average molecular weight is 561 g/mol. The molecule has 1 saturated heterocycles. The van der Waals surface area contributed by atoms with Gasteiger partial charge in [0.1, 0.15) is 23.4 Å². The first kappa shape index (κ1) is 31.4. The van der Waals surface area contributed by atoms with Gasteiger partial charge in [0.25, 0.3) is 11.5 Å². The molecule has 210 valence electrons. The number of halogens is 2. The van der Waals surface area contributed by atoms with Gasteiger partial charge < -0.3 is 15.3 Å². The van der Waals surface area contributed by atoms with Gasteiger partial charge in [-0.1, -0.05) is 69.1 Å². The summed E-state index contributed by atoms with van der Waals surface area (Å²) in [5, 5.41) is 11.9. The van der Waals surface area contributed by atoms with E-state index in [0.29, 0.717) is 0 Å². The molecule has 2 aromatic heterocycles. The summed E-state index contributed by atoms with van der Waals surface area (Å²) in [4.78, 5) is 55.7. The number of nitrogens with one attached hydrogen (secondary N) is 1. The number of aryl methyl sites for hydroxylation is 1. The van der Waals surface area contributed by atoms with E-state index in [4.69, 9.17) is 11.6 Å². The third-order valence-electron chi connectivity index (χ3n) is 5.79. The number of carboxylic acids is 1. The number of hydrogen-bond acceptors (Lipinski definition) is 5. The first-order chi connectivity index (χ1) is 18.5. The molecule has 0 spiro atoms. The first-order valence-corrected chi connectivity index (χ1v) is 13.1. The number of benzene rings is 1. The van der Waals surface area contributed by atoms with Crippen molar-refractivity contribution in [2.24, 2.45) is 0 Å². The van der Waals surface area contributed by atoms with Crippen LogP contribution in [0.15, 0.2) is 41.3 Å². The number of likely N-dealkylation sites (tertiary alicyclic amines) is 1. The Morgan fingerprint density at radius 1 is 1.10 bits per heavy atom. The molecular formula is C28H34ClFN4O5. The van der Waals surface area contributed by atoms with Crippen LogP contribution in [-0.4, -0.2) is 56.1 Å². The number of alkyl halides is 1. The number of nitrogens with zero attached hydrogens (tertiary/aromatic N) is 3. The molecule has 0 saturated carbocycles. The molecule has 0 bridgehead atoms. The lowest BCUT2D eigenvalue weighted by Gasteiger charge is -2.42. The Labute approximate surface area is 231 Å². The van der Waals surface area contributed by atoms with E-state index < -0.39 is 35.6 Å². The highest BCUT2D eigenvalue weighted by Crippen LogP contribution is 2.27. The van der Waals surface area contributed by atoms with Gasteiger partial charge >= 0.3 is 5.97 Å². The van der Waals surface area contributed by atoms with E-state index in [0.717, 1.165) is 21.9 Å². The highest BCUT2D eigenvalue weighted by atomic mass is 35.5. The second-order valence-electron chi connectivity index (χ2n) is 8.81. The van der Waals surface area contributed by atoms with Crippen LogP contribution in [0.5, 0.6) is 0 Å². The van der Waals surface area contributed by atoms with Crippen LogP contribution in [0.1, 0.15) is 66.5 Å². The zero-order valence-electron chi connectivity index (χ0n) is 23.0. The molecule has 0 aliphatic carbocycles. The van der Waals surface area contributed by atoms with Crippen molar-refractivity contribution in [2.75, 3.05) is 13.1 Å². The molecule has 2 amide bonds. The second kappa shape index (κ2) is 13.3. The van der Waals surface area contributed by atoms with Crippen molar-refractivity contribution in [1.29, 1.82) is 0 Å². The molecular weight excluding hydrogens is 527 g/mol. The van der Waals surface area contributed by atoms with Gasteiger partial charge in [-0.05, 0) is 25.5 Å². The normalized spacial score (nSPS) is 13.3. The number of rotatable bonds is 6. The lowest BCUT2D eigenvalue weighted by Crippen LogP contribution is -2.60. The highest BCUT2D eigenvalue weighted by Gasteiger charge is 2.41. The number of hydrogen-bond donors (Lipinski definition) is 2. The van der Waals surface area contributed by atoms with E-state index in [-0.39, 0.29) is 46.8 Å². The van der Waals surface area contributed by atoms with Crippen molar-refractivity contribution in [2.45, 2.75) is 60.3 Å². The maximum absolute atomic E-state index is 13.9. The maximum Gasteiger partial charge on any atom is 0.338 e. The van der Waals surface area contributed by atoms with E-state index in [9.17, 15) is 28.7 Å². The summed E-state index contributed by atoms with van der Waals surface area (Å²) in [5.74, 6) is -2.61. The SMILES string of the molecule is CC.CC.Cc1ccc(CNC(=O)c2cc3c(Cl)c(C(=O)O)cnc3n(CC(=O)N3CC(C)(F)C3)c2=O)cc1. The summed E-state index contributed by atoms with van der Waals surface area (Å²) in [7, 11) is 0. The molecule has 0 radical (unpaired) electrons. The third-order valence-corrected chi connectivity index (χ3v) is 6.19. The van der Waals surface area contributed by atoms with Crippen LogP contribution in [0.2, 0.25) is 5.02 Å². The van der Waals surface area contributed by atoms with Crippen molar-refractivity contribution in [3.05, 3.63) is 74.2 Å². The minimum absolute atomic E-state index is 0.0263. The zero-order valence-corrected chi connectivity index (χ0v) is 23.7. The first-order valence-electron chi connectivity index (χ1n) is 12.7. The molecule has 9 nitrogen and oxygen atoms in total. The largest absolute Gasteiger partial charge is 0.478 e. The molecule has 1 aromatic carbocycles. The van der Waals surface area contributed by atoms with E-state index in [1.54, 1.807) is 0 Å². The van der Waals surface area contributed by atoms with Gasteiger partial charge in [-0.2, -0.15) is 0 Å². The fraction of sp³-hybridized carbons (Fsp3) is 0.393. The van der Waals surface area contributed by atoms with Crippen LogP contribution in [0, 0.1) is 6.92 Å². The molecule has 0 atom stereocenters. The van der Waals surface area contributed by atoms with E-state index in [2.05, 4.69) is 10.3 Å². The number of aromatic nitrogens is 2. The fourth-order valence-corrected chi connectivity index (χ4v) is 4.16. The second-order valence-corrected chi connectivity index (χ2v) is 9.19. The summed E-state index contributed by atoms with van der Waals surface area (Å²) in [6.07, 6.45) is 0.979. The topological polar surface area (TPSA) is 122 Å². The minimum Gasteiger partial charge on any atom is -0.478 e. The van der Waals surface area contributed by atoms with Crippen LogP contribution in [0.3, 0.4) is 0 Å². The predicted molar refractivity (Wildman–Crippen MR) is 149 cm³/mol. The van der Waals surface area contributed by atoms with Crippen LogP contribution in [0.4, 0.5) is 4.39 Å². The van der Waals surface area contributed by atoms with Gasteiger partial charge in [-0.15, -0.1) is 0 Å². The molecule has 11 heteroatoms. The number of fused-ring (bicyclic) bond motifs is 1. The van der Waals surface area contributed by atoms with E-state index >= 15 is 0 Å². The lowest BCUT2D eigenvalue weighted by atomic mass is 9.99. The zero-order chi connectivity index (χ0) is 29.5. The quantitative estimate of drug-likeness (QED) is 0.454. The van der Waals surface area contributed by atoms with Crippen molar-refractivity contribution in [3.8, 4) is 0 Å². The van der Waals surface area contributed by atoms with Crippen molar-refractivity contribution < 1.29 is 23.9 Å². The van der Waals surface area contributed by atoms with Gasteiger partial charge in [-0.25, -0.2) is 14.2 Å². The Hall–Kier alpha value is -3.79. The number of carboxylic acid groups (broad SMARTS) is 1. The standard InChI is InChI=1S/C24H22ClFN4O5.2C2H6/c1-13-3-5-14(6-4-13)8-28-21(32)16-7-15-19(25)17(23(34)35)9-27-20(15)30(22(16)33)10-18(31)29-11-24(2,26)12-29;2*1-2/h3-7,9H,8,10-12H2,1-2H3,(H,28,32)(H,34,35);2*1-2H3. The number of aromatic carboxylic acids is 1. The molecule has 3 heterocycles. The Bertz CT molecular complexity index is 1410. The summed E-state index contributed by atoms with van der Waals surface area (Å²) in [5.41, 5.74) is -1.16. The summed E-state index contributed by atoms with van der Waals surface area (Å²) < 4.78 is 14.8. The Balaban J connectivity index is 0.00000127. The molecule has 3 aromatic rings. The Morgan fingerprint density at radius 3 is 2.23 bits per heavy atom. The molecule has 0 unspecified atom stereocenters. The smallest absolute Gasteiger partial charge is 0.338 e. The summed E-state index contributed by atoms with van der Waals surface area (Å²) in [6, 6.07) is 8.60. The Kier molecular flexibility index (Phi) is 10.7. The molecule has 39 heavy (non-hydrogen) atoms. The molecule has 2 N–H and O–H groups in total. The van der Waals surface area contributed by atoms with Gasteiger partial charge in [0.15, 0.2) is 0 Å². The van der Waals surface area contributed by atoms with E-state index in [1.807, 2.05) is 58.9 Å². The summed E-state index contributed by atoms with van der Waals surface area (Å²) in [6.45, 7) is 10.7. The van der Waals surface area contributed by atoms with Crippen molar-refractivity contribution in [1.82, 2.24) is 19.8 Å².